The summed E-state index contributed by atoms with van der Waals surface area (Å²) in [6.07, 6.45) is 1.14. The summed E-state index contributed by atoms with van der Waals surface area (Å²) in [4.78, 5) is 40.7. The number of aliphatic hydroxyl groups excluding tert-OH is 1. The minimum atomic E-state index is -1.02. The molecule has 3 heterocycles. The number of nitrogens with one attached hydrogen (secondary N) is 2. The first-order chi connectivity index (χ1) is 14.5. The highest BCUT2D eigenvalue weighted by Crippen LogP contribution is 2.58. The number of rotatable bonds is 7. The number of fused-ring (bicyclic) bond motifs is 1. The molecule has 0 aliphatic carbocycles. The topological polar surface area (TPSA) is 117 Å². The van der Waals surface area contributed by atoms with Gasteiger partial charge in [0, 0.05) is 25.9 Å². The Kier molecular flexibility index (Phi) is 5.42. The fraction of sp³-hybridized carbons (Fsp3) is 0.571. The standard InChI is InChI=1S/C21H27N3O6/c1-22-18(26)15-14-8-9-21(30-14)16(15)20(28)24(10-3-11-25)17(21)19(27)23-12-4-6-13(29-2)7-5-12/h4-7,14-17,25H,3,8-11H2,1-2H3,(H,22,26)(H,23,27)/t14-,15+,16+,17?,21?/m1/s1. The predicted molar refractivity (Wildman–Crippen MR) is 107 cm³/mol. The van der Waals surface area contributed by atoms with Crippen molar-refractivity contribution < 1.29 is 29.0 Å². The molecule has 4 rings (SSSR count). The Morgan fingerprint density at radius 3 is 2.67 bits per heavy atom. The molecule has 162 valence electrons. The fourth-order valence-corrected chi connectivity index (χ4v) is 5.29. The average molecular weight is 417 g/mol. The van der Waals surface area contributed by atoms with E-state index in [1.54, 1.807) is 31.4 Å². The third-order valence-corrected chi connectivity index (χ3v) is 6.51. The first-order valence-corrected chi connectivity index (χ1v) is 10.2. The van der Waals surface area contributed by atoms with Gasteiger partial charge < -0.3 is 30.1 Å². The van der Waals surface area contributed by atoms with Crippen molar-refractivity contribution in [3.8, 4) is 5.75 Å². The van der Waals surface area contributed by atoms with E-state index in [1.807, 2.05) is 0 Å². The summed E-state index contributed by atoms with van der Waals surface area (Å²) < 4.78 is 11.4. The molecule has 1 aromatic carbocycles. The second kappa shape index (κ2) is 7.88. The van der Waals surface area contributed by atoms with Crippen molar-refractivity contribution in [1.82, 2.24) is 10.2 Å². The van der Waals surface area contributed by atoms with Gasteiger partial charge in [-0.3, -0.25) is 14.4 Å². The van der Waals surface area contributed by atoms with Crippen molar-refractivity contribution in [3.63, 3.8) is 0 Å². The molecule has 3 aliphatic rings. The van der Waals surface area contributed by atoms with Gasteiger partial charge in [0.15, 0.2) is 0 Å². The first-order valence-electron chi connectivity index (χ1n) is 10.2. The lowest BCUT2D eigenvalue weighted by Gasteiger charge is -2.33. The molecule has 3 amide bonds. The maximum Gasteiger partial charge on any atom is 0.250 e. The smallest absolute Gasteiger partial charge is 0.250 e. The third-order valence-electron chi connectivity index (χ3n) is 6.51. The summed E-state index contributed by atoms with van der Waals surface area (Å²) in [5, 5.41) is 14.8. The monoisotopic (exact) mass is 417 g/mol. The fourth-order valence-electron chi connectivity index (χ4n) is 5.29. The zero-order valence-electron chi connectivity index (χ0n) is 17.1. The van der Waals surface area contributed by atoms with Gasteiger partial charge in [-0.05, 0) is 43.5 Å². The van der Waals surface area contributed by atoms with E-state index in [2.05, 4.69) is 10.6 Å². The van der Waals surface area contributed by atoms with Crippen molar-refractivity contribution in [2.75, 3.05) is 32.6 Å². The molecular formula is C21H27N3O6. The summed E-state index contributed by atoms with van der Waals surface area (Å²) in [6.45, 7) is 0.124. The van der Waals surface area contributed by atoms with Crippen LogP contribution in [-0.2, 0) is 19.1 Å². The second-order valence-electron chi connectivity index (χ2n) is 8.00. The number of nitrogens with zero attached hydrogens (tertiary/aromatic N) is 1. The van der Waals surface area contributed by atoms with Crippen molar-refractivity contribution in [2.45, 2.75) is 37.0 Å². The molecule has 0 saturated carbocycles. The van der Waals surface area contributed by atoms with E-state index < -0.39 is 23.5 Å². The van der Waals surface area contributed by atoms with Gasteiger partial charge in [0.2, 0.25) is 17.7 Å². The van der Waals surface area contributed by atoms with E-state index in [4.69, 9.17) is 9.47 Å². The van der Waals surface area contributed by atoms with Gasteiger partial charge in [-0.2, -0.15) is 0 Å². The molecule has 0 radical (unpaired) electrons. The number of carbonyl (C=O) groups excluding carboxylic acids is 3. The molecule has 2 bridgehead atoms. The van der Waals surface area contributed by atoms with Crippen LogP contribution in [0.1, 0.15) is 19.3 Å². The number of amides is 3. The highest BCUT2D eigenvalue weighted by atomic mass is 16.5. The Bertz CT molecular complexity index is 844. The van der Waals surface area contributed by atoms with Gasteiger partial charge in [-0.15, -0.1) is 0 Å². The lowest BCUT2D eigenvalue weighted by molar-refractivity contribution is -0.140. The van der Waals surface area contributed by atoms with Gasteiger partial charge in [0.25, 0.3) is 0 Å². The van der Waals surface area contributed by atoms with Crippen LogP contribution in [0.4, 0.5) is 5.69 Å². The van der Waals surface area contributed by atoms with Crippen LogP contribution in [0.3, 0.4) is 0 Å². The molecule has 3 aliphatic heterocycles. The maximum atomic E-state index is 13.4. The van der Waals surface area contributed by atoms with Crippen LogP contribution in [0.25, 0.3) is 0 Å². The maximum absolute atomic E-state index is 13.4. The van der Waals surface area contributed by atoms with E-state index in [9.17, 15) is 19.5 Å². The molecule has 3 N–H and O–H groups in total. The Morgan fingerprint density at radius 2 is 2.03 bits per heavy atom. The van der Waals surface area contributed by atoms with Gasteiger partial charge in [-0.25, -0.2) is 0 Å². The molecule has 0 aromatic heterocycles. The molecule has 9 heteroatoms. The molecule has 2 unspecified atom stereocenters. The van der Waals surface area contributed by atoms with E-state index in [0.717, 1.165) is 0 Å². The Labute approximate surface area is 174 Å². The number of hydrogen-bond donors (Lipinski definition) is 3. The minimum Gasteiger partial charge on any atom is -0.497 e. The molecule has 5 atom stereocenters. The van der Waals surface area contributed by atoms with Crippen LogP contribution < -0.4 is 15.4 Å². The van der Waals surface area contributed by atoms with Gasteiger partial charge in [0.05, 0.1) is 25.0 Å². The number of hydrogen-bond acceptors (Lipinski definition) is 6. The zero-order chi connectivity index (χ0) is 21.5. The SMILES string of the molecule is CNC(=O)[C@@H]1[C@H]2C(=O)N(CCCO)C(C(=O)Nc3ccc(OC)cc3)C23CC[C@H]1O3. The molecule has 3 saturated heterocycles. The molecule has 9 nitrogen and oxygen atoms in total. The van der Waals surface area contributed by atoms with Crippen LogP contribution >= 0.6 is 0 Å². The van der Waals surface area contributed by atoms with Crippen LogP contribution in [0, 0.1) is 11.8 Å². The van der Waals surface area contributed by atoms with Crippen molar-refractivity contribution in [3.05, 3.63) is 24.3 Å². The number of carbonyl (C=O) groups is 3. The lowest BCUT2D eigenvalue weighted by Crippen LogP contribution is -2.53. The number of likely N-dealkylation sites (tertiary alicyclic amines) is 1. The predicted octanol–water partition coefficient (Wildman–Crippen LogP) is 0.137. The van der Waals surface area contributed by atoms with E-state index in [-0.39, 0.29) is 37.0 Å². The number of anilines is 1. The van der Waals surface area contributed by atoms with Crippen molar-refractivity contribution >= 4 is 23.4 Å². The normalized spacial score (nSPS) is 31.6. The highest BCUT2D eigenvalue weighted by Gasteiger charge is 2.74. The van der Waals surface area contributed by atoms with E-state index in [1.165, 1.54) is 11.9 Å². The van der Waals surface area contributed by atoms with Crippen molar-refractivity contribution in [1.29, 1.82) is 0 Å². The second-order valence-corrected chi connectivity index (χ2v) is 8.00. The average Bonchev–Trinajstić information content (AvgIpc) is 3.39. The van der Waals surface area contributed by atoms with Gasteiger partial charge >= 0.3 is 0 Å². The Hall–Kier alpha value is -2.65. The molecule has 3 fully saturated rings. The minimum absolute atomic E-state index is 0.101. The molecular weight excluding hydrogens is 390 g/mol. The Morgan fingerprint density at radius 1 is 1.30 bits per heavy atom. The molecule has 1 spiro atoms. The van der Waals surface area contributed by atoms with Crippen molar-refractivity contribution in [2.24, 2.45) is 11.8 Å². The number of ether oxygens (including phenoxy) is 2. The zero-order valence-corrected chi connectivity index (χ0v) is 17.1. The van der Waals surface area contributed by atoms with Crippen LogP contribution in [0.5, 0.6) is 5.75 Å². The van der Waals surface area contributed by atoms with Crippen LogP contribution in [0.15, 0.2) is 24.3 Å². The van der Waals surface area contributed by atoms with Crippen LogP contribution in [0.2, 0.25) is 0 Å². The molecule has 1 aromatic rings. The lowest BCUT2D eigenvalue weighted by atomic mass is 9.70. The Balaban J connectivity index is 1.65. The number of benzene rings is 1. The summed E-state index contributed by atoms with van der Waals surface area (Å²) in [5.41, 5.74) is -0.448. The van der Waals surface area contributed by atoms with Gasteiger partial charge in [0.1, 0.15) is 17.4 Å². The first kappa shape index (κ1) is 20.6. The summed E-state index contributed by atoms with van der Waals surface area (Å²) in [6, 6.07) is 6.06. The third kappa shape index (κ3) is 3.04. The summed E-state index contributed by atoms with van der Waals surface area (Å²) in [7, 11) is 3.10. The number of aliphatic hydroxyl groups is 1. The van der Waals surface area contributed by atoms with Crippen LogP contribution in [-0.4, -0.2) is 72.8 Å². The van der Waals surface area contributed by atoms with E-state index in [0.29, 0.717) is 30.7 Å². The summed E-state index contributed by atoms with van der Waals surface area (Å²) in [5.74, 6) is -1.48. The highest BCUT2D eigenvalue weighted by molar-refractivity contribution is 6.03. The largest absolute Gasteiger partial charge is 0.497 e. The summed E-state index contributed by atoms with van der Waals surface area (Å²) >= 11 is 0. The van der Waals surface area contributed by atoms with E-state index >= 15 is 0 Å². The number of methoxy groups -OCH3 is 1. The van der Waals surface area contributed by atoms with Gasteiger partial charge in [-0.1, -0.05) is 0 Å². The molecule has 30 heavy (non-hydrogen) atoms. The quantitative estimate of drug-likeness (QED) is 0.581.